The van der Waals surface area contributed by atoms with E-state index >= 15 is 0 Å². The predicted molar refractivity (Wildman–Crippen MR) is 97.4 cm³/mol. The van der Waals surface area contributed by atoms with Gasteiger partial charge in [-0.05, 0) is 24.3 Å². The summed E-state index contributed by atoms with van der Waals surface area (Å²) in [4.78, 5) is 20.8. The van der Waals surface area contributed by atoms with E-state index in [0.717, 1.165) is 5.56 Å². The summed E-state index contributed by atoms with van der Waals surface area (Å²) in [7, 11) is 0. The lowest BCUT2D eigenvalue weighted by Crippen LogP contribution is -2.12. The number of benzene rings is 2. The van der Waals surface area contributed by atoms with Crippen LogP contribution < -0.4 is 5.32 Å². The number of aromatic nitrogens is 3. The van der Waals surface area contributed by atoms with Gasteiger partial charge in [0.2, 0.25) is 5.82 Å². The molecule has 0 fully saturated rings. The van der Waals surface area contributed by atoms with Crippen LogP contribution in [0.15, 0.2) is 83.6 Å². The molecular formula is C20H14N4O2. The maximum atomic E-state index is 12.4. The number of nitrogens with zero attached hydrogens (tertiary/aromatic N) is 3. The zero-order valence-electron chi connectivity index (χ0n) is 13.7. The van der Waals surface area contributed by atoms with Crippen molar-refractivity contribution in [1.82, 2.24) is 15.1 Å². The Bertz CT molecular complexity index is 1030. The van der Waals surface area contributed by atoms with E-state index in [1.807, 2.05) is 48.5 Å². The van der Waals surface area contributed by atoms with Crippen molar-refractivity contribution >= 4 is 11.6 Å². The van der Waals surface area contributed by atoms with Crippen LogP contribution >= 0.6 is 0 Å². The van der Waals surface area contributed by atoms with Crippen molar-refractivity contribution in [1.29, 1.82) is 0 Å². The molecule has 2 aromatic carbocycles. The minimum atomic E-state index is -0.256. The molecule has 4 rings (SSSR count). The van der Waals surface area contributed by atoms with E-state index in [1.165, 1.54) is 6.20 Å². The van der Waals surface area contributed by atoms with Crippen molar-refractivity contribution < 1.29 is 9.32 Å². The Morgan fingerprint density at radius 2 is 1.73 bits per heavy atom. The van der Waals surface area contributed by atoms with Crippen molar-refractivity contribution in [3.05, 3.63) is 84.7 Å². The van der Waals surface area contributed by atoms with Crippen LogP contribution in [0.1, 0.15) is 10.4 Å². The zero-order valence-corrected chi connectivity index (χ0v) is 13.7. The second-order valence-corrected chi connectivity index (χ2v) is 5.53. The number of hydrogen-bond acceptors (Lipinski definition) is 5. The van der Waals surface area contributed by atoms with Crippen molar-refractivity contribution in [2.24, 2.45) is 0 Å². The van der Waals surface area contributed by atoms with E-state index in [1.54, 1.807) is 24.4 Å². The summed E-state index contributed by atoms with van der Waals surface area (Å²) < 4.78 is 5.41. The van der Waals surface area contributed by atoms with Gasteiger partial charge in [-0.3, -0.25) is 9.78 Å². The molecule has 0 spiro atoms. The minimum absolute atomic E-state index is 0.256. The number of para-hydroxylation sites is 1. The summed E-state index contributed by atoms with van der Waals surface area (Å²) in [6.45, 7) is 0. The highest BCUT2D eigenvalue weighted by molar-refractivity contribution is 6.05. The SMILES string of the molecule is O=C(Nc1ccccc1-c1nc(-c2ccccc2)no1)c1cccnc1. The third-order valence-electron chi connectivity index (χ3n) is 3.79. The van der Waals surface area contributed by atoms with Gasteiger partial charge in [-0.25, -0.2) is 0 Å². The molecule has 0 aliphatic carbocycles. The van der Waals surface area contributed by atoms with E-state index in [-0.39, 0.29) is 5.91 Å². The van der Waals surface area contributed by atoms with Crippen LogP contribution in [0, 0.1) is 0 Å². The van der Waals surface area contributed by atoms with Crippen LogP contribution in [-0.4, -0.2) is 21.0 Å². The fourth-order valence-electron chi connectivity index (χ4n) is 2.51. The molecule has 0 radical (unpaired) electrons. The van der Waals surface area contributed by atoms with Gasteiger partial charge in [-0.15, -0.1) is 0 Å². The summed E-state index contributed by atoms with van der Waals surface area (Å²) in [5.74, 6) is 0.577. The first-order valence-electron chi connectivity index (χ1n) is 8.01. The fourth-order valence-corrected chi connectivity index (χ4v) is 2.51. The molecule has 4 aromatic rings. The van der Waals surface area contributed by atoms with Crippen LogP contribution in [0.2, 0.25) is 0 Å². The Balaban J connectivity index is 1.64. The van der Waals surface area contributed by atoms with Gasteiger partial charge in [0.25, 0.3) is 11.8 Å². The lowest BCUT2D eigenvalue weighted by Gasteiger charge is -2.08. The van der Waals surface area contributed by atoms with Gasteiger partial charge >= 0.3 is 0 Å². The standard InChI is InChI=1S/C20H14N4O2/c25-19(15-9-6-12-21-13-15)22-17-11-5-4-10-16(17)20-23-18(24-26-20)14-7-2-1-3-8-14/h1-13H,(H,22,25). The maximum Gasteiger partial charge on any atom is 0.260 e. The van der Waals surface area contributed by atoms with Gasteiger partial charge in [0.1, 0.15) is 0 Å². The molecule has 26 heavy (non-hydrogen) atoms. The highest BCUT2D eigenvalue weighted by Gasteiger charge is 2.15. The molecule has 2 heterocycles. The first kappa shape index (κ1) is 15.7. The predicted octanol–water partition coefficient (Wildman–Crippen LogP) is 4.05. The number of amides is 1. The highest BCUT2D eigenvalue weighted by Crippen LogP contribution is 2.28. The van der Waals surface area contributed by atoms with Crippen LogP contribution in [0.3, 0.4) is 0 Å². The summed E-state index contributed by atoms with van der Waals surface area (Å²) in [5.41, 5.74) is 2.57. The molecule has 6 heteroatoms. The number of carbonyl (C=O) groups excluding carboxylic acids is 1. The summed E-state index contributed by atoms with van der Waals surface area (Å²) in [6, 6.07) is 20.3. The second kappa shape index (κ2) is 6.98. The molecule has 0 saturated heterocycles. The normalized spacial score (nSPS) is 10.5. The quantitative estimate of drug-likeness (QED) is 0.605. The second-order valence-electron chi connectivity index (χ2n) is 5.53. The minimum Gasteiger partial charge on any atom is -0.334 e. The van der Waals surface area contributed by atoms with Crippen LogP contribution in [0.4, 0.5) is 5.69 Å². The van der Waals surface area contributed by atoms with Crippen molar-refractivity contribution in [3.63, 3.8) is 0 Å². The largest absolute Gasteiger partial charge is 0.334 e. The van der Waals surface area contributed by atoms with E-state index in [4.69, 9.17) is 4.52 Å². The van der Waals surface area contributed by atoms with E-state index < -0.39 is 0 Å². The molecular weight excluding hydrogens is 328 g/mol. The average Bonchev–Trinajstić information content (AvgIpc) is 3.20. The lowest BCUT2D eigenvalue weighted by atomic mass is 10.1. The topological polar surface area (TPSA) is 80.9 Å². The Hall–Kier alpha value is -3.80. The number of carbonyl (C=O) groups is 1. The van der Waals surface area contributed by atoms with E-state index in [0.29, 0.717) is 28.5 Å². The molecule has 0 aliphatic rings. The van der Waals surface area contributed by atoms with E-state index in [9.17, 15) is 4.79 Å². The van der Waals surface area contributed by atoms with Gasteiger partial charge in [-0.2, -0.15) is 4.98 Å². The number of pyridine rings is 1. The third kappa shape index (κ3) is 3.21. The zero-order chi connectivity index (χ0) is 17.8. The molecule has 0 bridgehead atoms. The number of hydrogen-bond donors (Lipinski definition) is 1. The number of anilines is 1. The van der Waals surface area contributed by atoms with Gasteiger partial charge in [0.05, 0.1) is 16.8 Å². The molecule has 1 amide bonds. The lowest BCUT2D eigenvalue weighted by molar-refractivity contribution is 0.102. The molecule has 126 valence electrons. The average molecular weight is 342 g/mol. The summed E-state index contributed by atoms with van der Waals surface area (Å²) >= 11 is 0. The Labute approximate surface area is 149 Å². The van der Waals surface area contributed by atoms with Crippen molar-refractivity contribution in [2.45, 2.75) is 0 Å². The van der Waals surface area contributed by atoms with Gasteiger partial charge < -0.3 is 9.84 Å². The molecule has 0 saturated carbocycles. The monoisotopic (exact) mass is 342 g/mol. The first-order chi connectivity index (χ1) is 12.8. The molecule has 2 aromatic heterocycles. The van der Waals surface area contributed by atoms with Crippen molar-refractivity contribution in [3.8, 4) is 22.8 Å². The number of rotatable bonds is 4. The molecule has 0 aliphatic heterocycles. The molecule has 1 N–H and O–H groups in total. The summed E-state index contributed by atoms with van der Waals surface area (Å²) in [5, 5.41) is 6.90. The van der Waals surface area contributed by atoms with E-state index in [2.05, 4.69) is 20.4 Å². The van der Waals surface area contributed by atoms with Gasteiger partial charge in [0.15, 0.2) is 0 Å². The fraction of sp³-hybridized carbons (Fsp3) is 0. The Morgan fingerprint density at radius 1 is 0.923 bits per heavy atom. The molecule has 6 nitrogen and oxygen atoms in total. The van der Waals surface area contributed by atoms with Crippen molar-refractivity contribution in [2.75, 3.05) is 5.32 Å². The van der Waals surface area contributed by atoms with Gasteiger partial charge in [-0.1, -0.05) is 47.6 Å². The Kier molecular flexibility index (Phi) is 4.22. The van der Waals surface area contributed by atoms with Crippen LogP contribution in [0.25, 0.3) is 22.8 Å². The smallest absolute Gasteiger partial charge is 0.260 e. The van der Waals surface area contributed by atoms with Gasteiger partial charge in [0, 0.05) is 18.0 Å². The molecule has 0 unspecified atom stereocenters. The first-order valence-corrected chi connectivity index (χ1v) is 8.01. The highest BCUT2D eigenvalue weighted by atomic mass is 16.5. The number of nitrogens with one attached hydrogen (secondary N) is 1. The van der Waals surface area contributed by atoms with Crippen LogP contribution in [-0.2, 0) is 0 Å². The van der Waals surface area contributed by atoms with Crippen LogP contribution in [0.5, 0.6) is 0 Å². The molecule has 0 atom stereocenters. The maximum absolute atomic E-state index is 12.4. The summed E-state index contributed by atoms with van der Waals surface area (Å²) in [6.07, 6.45) is 3.13. The third-order valence-corrected chi connectivity index (χ3v) is 3.79. The Morgan fingerprint density at radius 3 is 2.54 bits per heavy atom.